The maximum atomic E-state index is 9.05. The van der Waals surface area contributed by atoms with E-state index in [9.17, 15) is 0 Å². The van der Waals surface area contributed by atoms with Gasteiger partial charge in [0.05, 0.1) is 24.9 Å². The molecule has 0 fully saturated rings. The van der Waals surface area contributed by atoms with Crippen LogP contribution in [0.15, 0.2) is 24.3 Å². The van der Waals surface area contributed by atoms with Gasteiger partial charge < -0.3 is 4.74 Å². The van der Waals surface area contributed by atoms with Gasteiger partial charge >= 0.3 is 0 Å². The first-order valence-electron chi connectivity index (χ1n) is 5.72. The molecule has 0 N–H and O–H groups in total. The van der Waals surface area contributed by atoms with Crippen LogP contribution in [0.2, 0.25) is 0 Å². The molecule has 0 spiro atoms. The van der Waals surface area contributed by atoms with Crippen LogP contribution in [0.1, 0.15) is 22.5 Å². The molecule has 0 aliphatic carbocycles. The summed E-state index contributed by atoms with van der Waals surface area (Å²) < 4.78 is 7.05. The largest absolute Gasteiger partial charge is 0.495 e. The molecule has 2 rings (SSSR count). The van der Waals surface area contributed by atoms with E-state index in [-0.39, 0.29) is 0 Å². The van der Waals surface area contributed by atoms with Crippen molar-refractivity contribution in [3.05, 3.63) is 46.8 Å². The summed E-state index contributed by atoms with van der Waals surface area (Å²) in [6.07, 6.45) is 0. The Balaban J connectivity index is 2.30. The topological polar surface area (TPSA) is 50.8 Å². The molecule has 4 heteroatoms. The van der Waals surface area contributed by atoms with Crippen LogP contribution in [0, 0.1) is 25.2 Å². The molecule has 4 nitrogen and oxygen atoms in total. The molecule has 0 aliphatic rings. The lowest BCUT2D eigenvalue weighted by molar-refractivity contribution is 0.413. The molecule has 1 aromatic carbocycles. The third-order valence-corrected chi connectivity index (χ3v) is 2.82. The number of aromatic nitrogens is 2. The summed E-state index contributed by atoms with van der Waals surface area (Å²) in [5.41, 5.74) is 3.71. The number of nitriles is 1. The molecule has 0 bridgehead atoms. The molecule has 2 aromatic rings. The zero-order valence-corrected chi connectivity index (χ0v) is 10.8. The van der Waals surface area contributed by atoms with Crippen molar-refractivity contribution >= 4 is 0 Å². The highest BCUT2D eigenvalue weighted by molar-refractivity contribution is 5.45. The number of ether oxygens (including phenoxy) is 1. The maximum absolute atomic E-state index is 9.05. The second-order valence-corrected chi connectivity index (χ2v) is 4.23. The van der Waals surface area contributed by atoms with E-state index in [1.54, 1.807) is 7.11 Å². The molecule has 0 amide bonds. The molecule has 0 saturated carbocycles. The molecular weight excluding hydrogens is 226 g/mol. The monoisotopic (exact) mass is 241 g/mol. The van der Waals surface area contributed by atoms with Crippen molar-refractivity contribution in [3.63, 3.8) is 0 Å². The van der Waals surface area contributed by atoms with Gasteiger partial charge in [-0.25, -0.2) is 0 Å². The number of rotatable bonds is 3. The third-order valence-electron chi connectivity index (χ3n) is 2.82. The Labute approximate surface area is 106 Å². The van der Waals surface area contributed by atoms with E-state index in [1.165, 1.54) is 0 Å². The fourth-order valence-electron chi connectivity index (χ4n) is 1.95. The van der Waals surface area contributed by atoms with Gasteiger partial charge in [-0.15, -0.1) is 0 Å². The van der Waals surface area contributed by atoms with Crippen LogP contribution in [-0.4, -0.2) is 16.9 Å². The fourth-order valence-corrected chi connectivity index (χ4v) is 1.95. The lowest BCUT2D eigenvalue weighted by atomic mass is 10.1. The molecule has 0 radical (unpaired) electrons. The summed E-state index contributed by atoms with van der Waals surface area (Å²) in [6.45, 7) is 4.66. The van der Waals surface area contributed by atoms with Gasteiger partial charge in [0, 0.05) is 5.69 Å². The van der Waals surface area contributed by atoms with Gasteiger partial charge in [-0.3, -0.25) is 4.68 Å². The highest BCUT2D eigenvalue weighted by Crippen LogP contribution is 2.19. The minimum atomic E-state index is 0.552. The standard InChI is InChI=1S/C14H15N3O/c1-10-6-11(2)17(16-10)9-12-4-5-14(18-3)13(7-12)8-15/h4-7H,9H2,1-3H3. The second kappa shape index (κ2) is 4.92. The zero-order valence-electron chi connectivity index (χ0n) is 10.8. The van der Waals surface area contributed by atoms with E-state index < -0.39 is 0 Å². The first-order chi connectivity index (χ1) is 8.63. The number of aryl methyl sites for hydroxylation is 2. The molecule has 1 aromatic heterocycles. The lowest BCUT2D eigenvalue weighted by Crippen LogP contribution is -2.04. The molecular formula is C14H15N3O. The van der Waals surface area contributed by atoms with Gasteiger partial charge in [0.2, 0.25) is 0 Å². The van der Waals surface area contributed by atoms with Crippen LogP contribution in [0.25, 0.3) is 0 Å². The van der Waals surface area contributed by atoms with Crippen LogP contribution < -0.4 is 4.74 Å². The van der Waals surface area contributed by atoms with E-state index >= 15 is 0 Å². The summed E-state index contributed by atoms with van der Waals surface area (Å²) >= 11 is 0. The Kier molecular flexibility index (Phi) is 3.33. The highest BCUT2D eigenvalue weighted by atomic mass is 16.5. The summed E-state index contributed by atoms with van der Waals surface area (Å²) in [6, 6.07) is 9.79. The zero-order chi connectivity index (χ0) is 13.1. The maximum Gasteiger partial charge on any atom is 0.136 e. The van der Waals surface area contributed by atoms with Gasteiger partial charge in [0.1, 0.15) is 11.8 Å². The molecule has 18 heavy (non-hydrogen) atoms. The Hall–Kier alpha value is -2.28. The predicted molar refractivity (Wildman–Crippen MR) is 68.5 cm³/mol. The summed E-state index contributed by atoms with van der Waals surface area (Å²) in [7, 11) is 1.57. The minimum absolute atomic E-state index is 0.552. The van der Waals surface area contributed by atoms with Gasteiger partial charge in [-0.1, -0.05) is 6.07 Å². The molecule has 0 unspecified atom stereocenters. The SMILES string of the molecule is COc1ccc(Cn2nc(C)cc2C)cc1C#N. The number of hydrogen-bond donors (Lipinski definition) is 0. The highest BCUT2D eigenvalue weighted by Gasteiger charge is 2.06. The second-order valence-electron chi connectivity index (χ2n) is 4.23. The van der Waals surface area contributed by atoms with Crippen LogP contribution in [0.4, 0.5) is 0 Å². The number of benzene rings is 1. The van der Waals surface area contributed by atoms with E-state index in [1.807, 2.05) is 42.8 Å². The van der Waals surface area contributed by atoms with Crippen molar-refractivity contribution in [1.29, 1.82) is 5.26 Å². The van der Waals surface area contributed by atoms with Crippen molar-refractivity contribution < 1.29 is 4.74 Å². The number of methoxy groups -OCH3 is 1. The van der Waals surface area contributed by atoms with Gasteiger partial charge in [-0.2, -0.15) is 10.4 Å². The lowest BCUT2D eigenvalue weighted by Gasteiger charge is -2.07. The van der Waals surface area contributed by atoms with Crippen molar-refractivity contribution in [1.82, 2.24) is 9.78 Å². The molecule has 0 aliphatic heterocycles. The minimum Gasteiger partial charge on any atom is -0.495 e. The quantitative estimate of drug-likeness (QED) is 0.829. The van der Waals surface area contributed by atoms with Gasteiger partial charge in [-0.05, 0) is 37.6 Å². The van der Waals surface area contributed by atoms with Crippen LogP contribution in [0.5, 0.6) is 5.75 Å². The summed E-state index contributed by atoms with van der Waals surface area (Å²) in [5, 5.41) is 13.5. The van der Waals surface area contributed by atoms with Gasteiger partial charge in [0.25, 0.3) is 0 Å². The number of nitrogens with zero attached hydrogens (tertiary/aromatic N) is 3. The Bertz CT molecular complexity index is 608. The summed E-state index contributed by atoms with van der Waals surface area (Å²) in [5.74, 6) is 0.606. The molecule has 0 atom stereocenters. The van der Waals surface area contributed by atoms with Crippen molar-refractivity contribution in [2.24, 2.45) is 0 Å². The average molecular weight is 241 g/mol. The van der Waals surface area contributed by atoms with Crippen LogP contribution >= 0.6 is 0 Å². The normalized spacial score (nSPS) is 10.1. The fraction of sp³-hybridized carbons (Fsp3) is 0.286. The summed E-state index contributed by atoms with van der Waals surface area (Å²) in [4.78, 5) is 0. The van der Waals surface area contributed by atoms with Crippen molar-refractivity contribution in [3.8, 4) is 11.8 Å². The van der Waals surface area contributed by atoms with Crippen LogP contribution in [0.3, 0.4) is 0 Å². The Morgan fingerprint density at radius 1 is 1.33 bits per heavy atom. The third kappa shape index (κ3) is 2.35. The van der Waals surface area contributed by atoms with Crippen LogP contribution in [-0.2, 0) is 6.54 Å². The molecule has 1 heterocycles. The Morgan fingerprint density at radius 2 is 2.11 bits per heavy atom. The van der Waals surface area contributed by atoms with Crippen molar-refractivity contribution in [2.75, 3.05) is 7.11 Å². The van der Waals surface area contributed by atoms with Crippen molar-refractivity contribution in [2.45, 2.75) is 20.4 Å². The van der Waals surface area contributed by atoms with E-state index in [0.29, 0.717) is 17.9 Å². The van der Waals surface area contributed by atoms with E-state index in [0.717, 1.165) is 17.0 Å². The first-order valence-corrected chi connectivity index (χ1v) is 5.72. The Morgan fingerprint density at radius 3 is 2.67 bits per heavy atom. The smallest absolute Gasteiger partial charge is 0.136 e. The number of hydrogen-bond acceptors (Lipinski definition) is 3. The van der Waals surface area contributed by atoms with E-state index in [4.69, 9.17) is 10.00 Å². The average Bonchev–Trinajstić information content (AvgIpc) is 2.67. The van der Waals surface area contributed by atoms with Gasteiger partial charge in [0.15, 0.2) is 0 Å². The molecule has 92 valence electrons. The first kappa shape index (κ1) is 12.2. The predicted octanol–water partition coefficient (Wildman–Crippen LogP) is 2.43. The van der Waals surface area contributed by atoms with E-state index in [2.05, 4.69) is 11.2 Å². The molecule has 0 saturated heterocycles.